The van der Waals surface area contributed by atoms with Gasteiger partial charge in [0.2, 0.25) is 0 Å². The molecule has 0 unspecified atom stereocenters. The van der Waals surface area contributed by atoms with Crippen molar-refractivity contribution in [3.05, 3.63) is 47.4 Å². The van der Waals surface area contributed by atoms with Crippen molar-refractivity contribution in [2.24, 2.45) is 0 Å². The van der Waals surface area contributed by atoms with Crippen LogP contribution in [0.25, 0.3) is 22.2 Å². The van der Waals surface area contributed by atoms with Gasteiger partial charge in [0.05, 0.1) is 17.4 Å². The van der Waals surface area contributed by atoms with Gasteiger partial charge in [0, 0.05) is 12.3 Å². The van der Waals surface area contributed by atoms with Gasteiger partial charge in [-0.05, 0) is 18.6 Å². The summed E-state index contributed by atoms with van der Waals surface area (Å²) in [5.74, 6) is 0.858. The van der Waals surface area contributed by atoms with E-state index in [9.17, 15) is 4.79 Å². The topological polar surface area (TPSA) is 92.2 Å². The van der Waals surface area contributed by atoms with Gasteiger partial charge in [-0.25, -0.2) is 19.7 Å². The summed E-state index contributed by atoms with van der Waals surface area (Å²) in [4.78, 5) is 30.5. The summed E-state index contributed by atoms with van der Waals surface area (Å²) in [5, 5.41) is 0.888. The highest BCUT2D eigenvalue weighted by atomic mass is 32.2. The fraction of sp³-hybridized carbons (Fsp3) is 0.200. The largest absolute Gasteiger partial charge is 0.341 e. The van der Waals surface area contributed by atoms with Crippen molar-refractivity contribution < 1.29 is 0 Å². The van der Waals surface area contributed by atoms with Crippen molar-refractivity contribution in [3.8, 4) is 0 Å². The maximum atomic E-state index is 12.0. The Kier molecular flexibility index (Phi) is 3.58. The average Bonchev–Trinajstić information content (AvgIpc) is 3.16. The van der Waals surface area contributed by atoms with Crippen molar-refractivity contribution >= 4 is 34.0 Å². The van der Waals surface area contributed by atoms with E-state index in [0.717, 1.165) is 33.7 Å². The Labute approximate surface area is 135 Å². The second-order valence-corrected chi connectivity index (χ2v) is 6.16. The lowest BCUT2D eigenvalue weighted by Gasteiger charge is -2.04. The molecule has 0 bridgehead atoms. The lowest BCUT2D eigenvalue weighted by atomic mass is 10.3. The van der Waals surface area contributed by atoms with Crippen molar-refractivity contribution in [3.63, 3.8) is 0 Å². The number of fused-ring (bicyclic) bond motifs is 2. The van der Waals surface area contributed by atoms with Gasteiger partial charge in [-0.15, -0.1) is 11.8 Å². The number of hydrogen-bond acceptors (Lipinski definition) is 5. The van der Waals surface area contributed by atoms with Gasteiger partial charge in [-0.3, -0.25) is 4.57 Å². The number of rotatable bonds is 5. The van der Waals surface area contributed by atoms with E-state index < -0.39 is 0 Å². The Morgan fingerprint density at radius 2 is 2.09 bits per heavy atom. The van der Waals surface area contributed by atoms with Gasteiger partial charge in [0.1, 0.15) is 16.9 Å². The Morgan fingerprint density at radius 1 is 1.17 bits per heavy atom. The minimum absolute atomic E-state index is 0.0609. The third-order valence-corrected chi connectivity index (χ3v) is 4.71. The van der Waals surface area contributed by atoms with Crippen LogP contribution in [0.3, 0.4) is 0 Å². The van der Waals surface area contributed by atoms with Crippen LogP contribution in [-0.4, -0.2) is 35.2 Å². The normalized spacial score (nSPS) is 11.5. The molecule has 0 saturated heterocycles. The summed E-state index contributed by atoms with van der Waals surface area (Å²) in [7, 11) is 0. The molecule has 0 aliphatic rings. The Hall–Kier alpha value is -2.61. The van der Waals surface area contributed by atoms with E-state index in [1.165, 1.54) is 6.33 Å². The molecular formula is C15H14N6OS. The molecule has 4 rings (SSSR count). The molecular weight excluding hydrogens is 312 g/mol. The molecule has 0 spiro atoms. The Morgan fingerprint density at radius 3 is 3.04 bits per heavy atom. The highest BCUT2D eigenvalue weighted by molar-refractivity contribution is 7.99. The van der Waals surface area contributed by atoms with Gasteiger partial charge in [0.25, 0.3) is 0 Å². The van der Waals surface area contributed by atoms with Crippen LogP contribution < -0.4 is 5.69 Å². The SMILES string of the molecule is O=c1[nH]c2ccccc2n1CCCSc1ncnc2nc[nH]c12. The number of nitrogens with one attached hydrogen (secondary N) is 2. The number of aryl methyl sites for hydroxylation is 1. The summed E-state index contributed by atoms with van der Waals surface area (Å²) < 4.78 is 1.78. The third kappa shape index (κ3) is 2.61. The predicted octanol–water partition coefficient (Wildman–Crippen LogP) is 2.18. The minimum Gasteiger partial charge on any atom is -0.341 e. The van der Waals surface area contributed by atoms with E-state index >= 15 is 0 Å². The van der Waals surface area contributed by atoms with Crippen LogP contribution in [0.1, 0.15) is 6.42 Å². The number of nitrogens with zero attached hydrogens (tertiary/aromatic N) is 4. The number of hydrogen-bond donors (Lipinski definition) is 2. The van der Waals surface area contributed by atoms with Crippen LogP contribution in [0, 0.1) is 0 Å². The van der Waals surface area contributed by atoms with Crippen LogP contribution in [0.4, 0.5) is 0 Å². The van der Waals surface area contributed by atoms with Crippen LogP contribution in [0.15, 0.2) is 46.7 Å². The molecule has 1 aromatic carbocycles. The maximum absolute atomic E-state index is 12.0. The molecule has 116 valence electrons. The zero-order chi connectivity index (χ0) is 15.6. The number of H-pyrrole nitrogens is 2. The van der Waals surface area contributed by atoms with Crippen molar-refractivity contribution in [2.75, 3.05) is 5.75 Å². The third-order valence-electron chi connectivity index (χ3n) is 3.63. The Bertz CT molecular complexity index is 1020. The summed E-state index contributed by atoms with van der Waals surface area (Å²) >= 11 is 1.64. The maximum Gasteiger partial charge on any atom is 0.326 e. The molecule has 8 heteroatoms. The van der Waals surface area contributed by atoms with Crippen molar-refractivity contribution in [2.45, 2.75) is 18.0 Å². The van der Waals surface area contributed by atoms with Gasteiger partial charge in [-0.2, -0.15) is 0 Å². The summed E-state index contributed by atoms with van der Waals surface area (Å²) in [6.07, 6.45) is 4.01. The molecule has 0 saturated carbocycles. The van der Waals surface area contributed by atoms with Gasteiger partial charge < -0.3 is 9.97 Å². The second-order valence-electron chi connectivity index (χ2n) is 5.08. The van der Waals surface area contributed by atoms with Crippen LogP contribution in [0.2, 0.25) is 0 Å². The molecule has 0 radical (unpaired) electrons. The quantitative estimate of drug-likeness (QED) is 0.333. The molecule has 3 heterocycles. The zero-order valence-electron chi connectivity index (χ0n) is 12.2. The van der Waals surface area contributed by atoms with Gasteiger partial charge in [0.15, 0.2) is 5.65 Å². The van der Waals surface area contributed by atoms with Crippen molar-refractivity contribution in [1.29, 1.82) is 0 Å². The highest BCUT2D eigenvalue weighted by Gasteiger charge is 2.08. The number of benzene rings is 1. The molecule has 0 atom stereocenters. The Balaban J connectivity index is 1.45. The molecule has 0 aliphatic heterocycles. The van der Waals surface area contributed by atoms with Crippen molar-refractivity contribution in [1.82, 2.24) is 29.5 Å². The molecule has 0 fully saturated rings. The fourth-order valence-electron chi connectivity index (χ4n) is 2.57. The zero-order valence-corrected chi connectivity index (χ0v) is 13.0. The number of aromatic nitrogens is 6. The lowest BCUT2D eigenvalue weighted by Crippen LogP contribution is -2.17. The molecule has 7 nitrogen and oxygen atoms in total. The van der Waals surface area contributed by atoms with Gasteiger partial charge >= 0.3 is 5.69 Å². The predicted molar refractivity (Wildman–Crippen MR) is 89.6 cm³/mol. The summed E-state index contributed by atoms with van der Waals surface area (Å²) in [5.41, 5.74) is 3.30. The first-order chi connectivity index (χ1) is 11.3. The van der Waals surface area contributed by atoms with Crippen LogP contribution in [-0.2, 0) is 6.54 Å². The molecule has 23 heavy (non-hydrogen) atoms. The summed E-state index contributed by atoms with van der Waals surface area (Å²) in [6.45, 7) is 0.674. The first-order valence-electron chi connectivity index (χ1n) is 7.27. The van der Waals surface area contributed by atoms with Crippen LogP contribution in [0.5, 0.6) is 0 Å². The standard InChI is InChI=1S/C15H14N6OS/c22-15-20-10-4-1-2-5-11(10)21(15)6-3-7-23-14-12-13(17-8-16-12)18-9-19-14/h1-2,4-5,8-9H,3,6-7H2,(H,20,22)(H,16,17,18,19). The first kappa shape index (κ1) is 14.0. The minimum atomic E-state index is -0.0609. The van der Waals surface area contributed by atoms with Gasteiger partial charge in [-0.1, -0.05) is 12.1 Å². The van der Waals surface area contributed by atoms with E-state index in [1.807, 2.05) is 24.3 Å². The number of aromatic amines is 2. The average molecular weight is 326 g/mol. The summed E-state index contributed by atoms with van der Waals surface area (Å²) in [6, 6.07) is 7.73. The van der Waals surface area contributed by atoms with Crippen LogP contribution >= 0.6 is 11.8 Å². The number of imidazole rings is 2. The molecule has 2 N–H and O–H groups in total. The lowest BCUT2D eigenvalue weighted by molar-refractivity contribution is 0.679. The van der Waals surface area contributed by atoms with E-state index in [2.05, 4.69) is 24.9 Å². The smallest absolute Gasteiger partial charge is 0.326 e. The highest BCUT2D eigenvalue weighted by Crippen LogP contribution is 2.22. The number of para-hydroxylation sites is 2. The monoisotopic (exact) mass is 326 g/mol. The fourth-order valence-corrected chi connectivity index (χ4v) is 3.46. The van der Waals surface area contributed by atoms with E-state index in [1.54, 1.807) is 22.7 Å². The molecule has 3 aromatic heterocycles. The molecule has 4 aromatic rings. The van der Waals surface area contributed by atoms with E-state index in [4.69, 9.17) is 0 Å². The van der Waals surface area contributed by atoms with E-state index in [0.29, 0.717) is 12.2 Å². The molecule has 0 aliphatic carbocycles. The van der Waals surface area contributed by atoms with E-state index in [-0.39, 0.29) is 5.69 Å². The molecule has 0 amide bonds. The number of thioether (sulfide) groups is 1. The second kappa shape index (κ2) is 5.88. The first-order valence-corrected chi connectivity index (χ1v) is 8.26.